The molecule has 1 atom stereocenters. The Morgan fingerprint density at radius 1 is 1.21 bits per heavy atom. The van der Waals surface area contributed by atoms with Gasteiger partial charge in [-0.2, -0.15) is 0 Å². The Hall–Kier alpha value is -2.11. The van der Waals surface area contributed by atoms with Crippen molar-refractivity contribution in [2.75, 3.05) is 19.7 Å². The molecule has 148 valence electrons. The van der Waals surface area contributed by atoms with Gasteiger partial charge in [-0.15, -0.1) is 11.8 Å². The second-order valence-corrected chi connectivity index (χ2v) is 8.11. The number of carbonyl (C=O) groups is 1. The van der Waals surface area contributed by atoms with Gasteiger partial charge in [-0.05, 0) is 53.6 Å². The predicted octanol–water partition coefficient (Wildman–Crippen LogP) is 4.49. The van der Waals surface area contributed by atoms with Gasteiger partial charge in [0.25, 0.3) is 5.91 Å². The highest BCUT2D eigenvalue weighted by molar-refractivity contribution is 8.02. The number of halogens is 1. The fraction of sp³-hybridized carbons (Fsp3) is 0.318. The topological polar surface area (TPSA) is 41.6 Å². The third-order valence-corrected chi connectivity index (χ3v) is 5.85. The maximum absolute atomic E-state index is 12.1. The molecule has 0 spiro atoms. The molecule has 2 aromatic carbocycles. The summed E-state index contributed by atoms with van der Waals surface area (Å²) < 4.78 is 5.57. The Morgan fingerprint density at radius 3 is 2.79 bits per heavy atom. The molecule has 1 unspecified atom stereocenters. The van der Waals surface area contributed by atoms with Crippen LogP contribution in [0, 0.1) is 0 Å². The molecule has 1 amide bonds. The number of amides is 1. The third-order valence-electron chi connectivity index (χ3n) is 4.58. The van der Waals surface area contributed by atoms with E-state index >= 15 is 0 Å². The van der Waals surface area contributed by atoms with Gasteiger partial charge >= 0.3 is 0 Å². The Kier molecular flexibility index (Phi) is 7.69. The van der Waals surface area contributed by atoms with E-state index in [1.165, 1.54) is 11.1 Å². The number of nitrogens with zero attached hydrogens (tertiary/aromatic N) is 1. The van der Waals surface area contributed by atoms with Gasteiger partial charge < -0.3 is 15.0 Å². The fourth-order valence-corrected chi connectivity index (χ4v) is 4.07. The molecule has 0 aliphatic carbocycles. The van der Waals surface area contributed by atoms with Crippen LogP contribution < -0.4 is 10.1 Å². The maximum atomic E-state index is 12.1. The van der Waals surface area contributed by atoms with Gasteiger partial charge in [-0.1, -0.05) is 42.8 Å². The maximum Gasteiger partial charge on any atom is 0.258 e. The van der Waals surface area contributed by atoms with Gasteiger partial charge in [-0.25, -0.2) is 0 Å². The highest BCUT2D eigenvalue weighted by Crippen LogP contribution is 2.25. The number of thioether (sulfide) groups is 1. The van der Waals surface area contributed by atoms with Crippen molar-refractivity contribution in [2.24, 2.45) is 0 Å². The van der Waals surface area contributed by atoms with Crippen molar-refractivity contribution in [3.63, 3.8) is 0 Å². The molecule has 2 aromatic rings. The molecule has 0 bridgehead atoms. The standard InChI is InChI=1S/C22H25ClN2O2S/c1-2-17-6-8-20(9-7-17)27-16-21(26)24-15-22-25(12-13-28-22)11-10-18-4-3-5-19(23)14-18/h3-9,12-14,22H,2,10-11,15-16H2,1H3,(H,24,26). The molecule has 0 saturated heterocycles. The minimum Gasteiger partial charge on any atom is -0.484 e. The first kappa shape index (κ1) is 20.6. The van der Waals surface area contributed by atoms with Crippen LogP contribution >= 0.6 is 23.4 Å². The zero-order valence-corrected chi connectivity index (χ0v) is 17.5. The summed E-state index contributed by atoms with van der Waals surface area (Å²) in [6.45, 7) is 3.59. The minimum absolute atomic E-state index is 0.0266. The number of aryl methyl sites for hydroxylation is 1. The fourth-order valence-electron chi connectivity index (χ4n) is 2.94. The minimum atomic E-state index is -0.109. The predicted molar refractivity (Wildman–Crippen MR) is 117 cm³/mol. The van der Waals surface area contributed by atoms with Crippen molar-refractivity contribution in [2.45, 2.75) is 25.1 Å². The normalized spacial score (nSPS) is 15.6. The number of nitrogens with one attached hydrogen (secondary N) is 1. The van der Waals surface area contributed by atoms with Gasteiger partial charge in [0.05, 0.1) is 5.37 Å². The molecule has 0 fully saturated rings. The molecule has 1 aliphatic rings. The third kappa shape index (κ3) is 6.21. The lowest BCUT2D eigenvalue weighted by Gasteiger charge is -2.25. The second kappa shape index (κ2) is 10.4. The van der Waals surface area contributed by atoms with E-state index in [2.05, 4.69) is 34.8 Å². The summed E-state index contributed by atoms with van der Waals surface area (Å²) in [5.74, 6) is 0.606. The number of ether oxygens (including phenoxy) is 1. The van der Waals surface area contributed by atoms with Crippen LogP contribution in [0.4, 0.5) is 0 Å². The summed E-state index contributed by atoms with van der Waals surface area (Å²) in [6, 6.07) is 15.8. The molecule has 0 aromatic heterocycles. The number of benzene rings is 2. The Morgan fingerprint density at radius 2 is 2.04 bits per heavy atom. The summed E-state index contributed by atoms with van der Waals surface area (Å²) in [5, 5.41) is 6.00. The molecule has 0 radical (unpaired) electrons. The summed E-state index contributed by atoms with van der Waals surface area (Å²) in [5.41, 5.74) is 2.46. The largest absolute Gasteiger partial charge is 0.484 e. The second-order valence-electron chi connectivity index (χ2n) is 6.58. The summed E-state index contributed by atoms with van der Waals surface area (Å²) in [7, 11) is 0. The molecular formula is C22H25ClN2O2S. The molecule has 4 nitrogen and oxygen atoms in total. The van der Waals surface area contributed by atoms with Crippen molar-refractivity contribution in [3.8, 4) is 5.75 Å². The summed E-state index contributed by atoms with van der Waals surface area (Å²) in [6.07, 6.45) is 3.98. The SMILES string of the molecule is CCc1ccc(OCC(=O)NCC2SC=CN2CCc2cccc(Cl)c2)cc1. The average Bonchev–Trinajstić information content (AvgIpc) is 3.17. The quantitative estimate of drug-likeness (QED) is 0.654. The van der Waals surface area contributed by atoms with Crippen molar-refractivity contribution < 1.29 is 9.53 Å². The van der Waals surface area contributed by atoms with Crippen LogP contribution in [0.25, 0.3) is 0 Å². The number of carbonyl (C=O) groups excluding carboxylic acids is 1. The highest BCUT2D eigenvalue weighted by Gasteiger charge is 2.20. The molecule has 3 rings (SSSR count). The van der Waals surface area contributed by atoms with E-state index in [0.29, 0.717) is 12.3 Å². The van der Waals surface area contributed by atoms with E-state index in [4.69, 9.17) is 16.3 Å². The van der Waals surface area contributed by atoms with Gasteiger partial charge in [0.1, 0.15) is 5.75 Å². The van der Waals surface area contributed by atoms with Gasteiger partial charge in [0.15, 0.2) is 6.61 Å². The number of hydrogen-bond donors (Lipinski definition) is 1. The molecule has 1 heterocycles. The Labute approximate surface area is 175 Å². The zero-order chi connectivity index (χ0) is 19.8. The van der Waals surface area contributed by atoms with Crippen molar-refractivity contribution >= 4 is 29.3 Å². The highest BCUT2D eigenvalue weighted by atomic mass is 35.5. The van der Waals surface area contributed by atoms with E-state index in [0.717, 1.165) is 24.4 Å². The smallest absolute Gasteiger partial charge is 0.258 e. The molecule has 28 heavy (non-hydrogen) atoms. The molecule has 6 heteroatoms. The molecule has 0 saturated carbocycles. The lowest BCUT2D eigenvalue weighted by Crippen LogP contribution is -2.40. The van der Waals surface area contributed by atoms with E-state index in [9.17, 15) is 4.79 Å². The lowest BCUT2D eigenvalue weighted by atomic mass is 10.1. The van der Waals surface area contributed by atoms with Crippen LogP contribution in [0.5, 0.6) is 5.75 Å². The average molecular weight is 417 g/mol. The lowest BCUT2D eigenvalue weighted by molar-refractivity contribution is -0.123. The van der Waals surface area contributed by atoms with Crippen molar-refractivity contribution in [3.05, 3.63) is 76.3 Å². The summed E-state index contributed by atoms with van der Waals surface area (Å²) in [4.78, 5) is 14.4. The van der Waals surface area contributed by atoms with Crippen LogP contribution in [0.2, 0.25) is 5.02 Å². The van der Waals surface area contributed by atoms with Gasteiger partial charge in [-0.3, -0.25) is 4.79 Å². The first-order valence-electron chi connectivity index (χ1n) is 9.45. The van der Waals surface area contributed by atoms with Crippen LogP contribution in [0.15, 0.2) is 60.1 Å². The first-order valence-corrected chi connectivity index (χ1v) is 10.8. The van der Waals surface area contributed by atoms with Gasteiger partial charge in [0.2, 0.25) is 0 Å². The van der Waals surface area contributed by atoms with Crippen LogP contribution in [-0.4, -0.2) is 35.9 Å². The summed E-state index contributed by atoms with van der Waals surface area (Å²) >= 11 is 7.76. The number of rotatable bonds is 9. The van der Waals surface area contributed by atoms with Crippen LogP contribution in [0.3, 0.4) is 0 Å². The van der Waals surface area contributed by atoms with Gasteiger partial charge in [0, 0.05) is 24.3 Å². The van der Waals surface area contributed by atoms with Crippen LogP contribution in [-0.2, 0) is 17.6 Å². The molecule has 1 aliphatic heterocycles. The molecular weight excluding hydrogens is 392 g/mol. The monoisotopic (exact) mass is 416 g/mol. The Bertz CT molecular complexity index is 810. The van der Waals surface area contributed by atoms with Crippen molar-refractivity contribution in [1.29, 1.82) is 0 Å². The molecule has 1 N–H and O–H groups in total. The zero-order valence-electron chi connectivity index (χ0n) is 15.9. The van der Waals surface area contributed by atoms with E-state index in [1.807, 2.05) is 42.5 Å². The van der Waals surface area contributed by atoms with Crippen molar-refractivity contribution in [1.82, 2.24) is 10.2 Å². The van der Waals surface area contributed by atoms with E-state index < -0.39 is 0 Å². The number of hydrogen-bond acceptors (Lipinski definition) is 4. The van der Waals surface area contributed by atoms with E-state index in [-0.39, 0.29) is 17.9 Å². The van der Waals surface area contributed by atoms with Crippen LogP contribution in [0.1, 0.15) is 18.1 Å². The first-order chi connectivity index (χ1) is 13.6. The van der Waals surface area contributed by atoms with E-state index in [1.54, 1.807) is 11.8 Å². The Balaban J connectivity index is 1.39.